The van der Waals surface area contributed by atoms with Crippen LogP contribution >= 0.6 is 0 Å². The summed E-state index contributed by atoms with van der Waals surface area (Å²) < 4.78 is 13.0. The molecule has 1 amide bonds. The molecule has 1 aromatic heterocycles. The Balaban J connectivity index is 1.68. The maximum Gasteiger partial charge on any atom is 0.273 e. The SMILES string of the molecule is O=C(NC(CCO)C1CCCCC1)c1cnn(-c2ccc(F)cc2)n1. The highest BCUT2D eigenvalue weighted by atomic mass is 19.1. The van der Waals surface area contributed by atoms with Crippen molar-refractivity contribution in [2.45, 2.75) is 44.6 Å². The number of carbonyl (C=O) groups is 1. The number of nitrogens with one attached hydrogen (secondary N) is 1. The summed E-state index contributed by atoms with van der Waals surface area (Å²) in [7, 11) is 0. The van der Waals surface area contributed by atoms with Crippen LogP contribution in [0.15, 0.2) is 30.5 Å². The fraction of sp³-hybridized carbons (Fsp3) is 0.500. The molecule has 6 nitrogen and oxygen atoms in total. The molecule has 1 fully saturated rings. The van der Waals surface area contributed by atoms with E-state index in [2.05, 4.69) is 15.5 Å². The summed E-state index contributed by atoms with van der Waals surface area (Å²) in [5.74, 6) is -0.234. The summed E-state index contributed by atoms with van der Waals surface area (Å²) in [6.07, 6.45) is 7.67. The molecule has 0 radical (unpaired) electrons. The van der Waals surface area contributed by atoms with Gasteiger partial charge in [0.25, 0.3) is 5.91 Å². The van der Waals surface area contributed by atoms with Crippen molar-refractivity contribution in [3.63, 3.8) is 0 Å². The number of hydrogen-bond donors (Lipinski definition) is 2. The van der Waals surface area contributed by atoms with Gasteiger partial charge in [0.15, 0.2) is 5.69 Å². The second-order valence-electron chi connectivity index (χ2n) is 6.49. The van der Waals surface area contributed by atoms with E-state index >= 15 is 0 Å². The number of halogens is 1. The molecule has 3 rings (SSSR count). The Morgan fingerprint density at radius 3 is 2.68 bits per heavy atom. The van der Waals surface area contributed by atoms with Crippen LogP contribution < -0.4 is 5.32 Å². The number of amides is 1. The van der Waals surface area contributed by atoms with Gasteiger partial charge >= 0.3 is 0 Å². The van der Waals surface area contributed by atoms with Crippen LogP contribution in [0.3, 0.4) is 0 Å². The molecule has 2 aromatic rings. The van der Waals surface area contributed by atoms with Gasteiger partial charge in [-0.15, -0.1) is 5.10 Å². The van der Waals surface area contributed by atoms with Gasteiger partial charge in [-0.05, 0) is 49.4 Å². The standard InChI is InChI=1S/C18H23FN4O2/c19-14-6-8-15(9-7-14)23-20-12-17(22-23)18(25)21-16(10-11-24)13-4-2-1-3-5-13/h6-9,12-13,16,24H,1-5,10-11H2,(H,21,25). The Labute approximate surface area is 146 Å². The van der Waals surface area contributed by atoms with Crippen molar-refractivity contribution >= 4 is 5.91 Å². The number of nitrogens with zero attached hydrogens (tertiary/aromatic N) is 3. The summed E-state index contributed by atoms with van der Waals surface area (Å²) in [6, 6.07) is 5.69. The maximum absolute atomic E-state index is 13.0. The zero-order valence-electron chi connectivity index (χ0n) is 14.1. The Morgan fingerprint density at radius 1 is 1.28 bits per heavy atom. The van der Waals surface area contributed by atoms with Gasteiger partial charge in [-0.1, -0.05) is 19.3 Å². The van der Waals surface area contributed by atoms with E-state index in [1.807, 2.05) is 0 Å². The molecule has 1 aliphatic carbocycles. The van der Waals surface area contributed by atoms with Crippen molar-refractivity contribution in [1.29, 1.82) is 0 Å². The third-order valence-corrected chi connectivity index (χ3v) is 4.76. The molecule has 1 heterocycles. The molecular weight excluding hydrogens is 323 g/mol. The fourth-order valence-corrected chi connectivity index (χ4v) is 3.41. The first-order chi connectivity index (χ1) is 12.2. The molecule has 2 N–H and O–H groups in total. The number of aliphatic hydroxyl groups is 1. The number of carbonyl (C=O) groups excluding carboxylic acids is 1. The van der Waals surface area contributed by atoms with Gasteiger partial charge in [0, 0.05) is 12.6 Å². The van der Waals surface area contributed by atoms with E-state index < -0.39 is 0 Å². The Kier molecular flexibility index (Phi) is 5.75. The lowest BCUT2D eigenvalue weighted by atomic mass is 9.82. The zero-order valence-corrected chi connectivity index (χ0v) is 14.1. The summed E-state index contributed by atoms with van der Waals surface area (Å²) in [5, 5.41) is 20.6. The lowest BCUT2D eigenvalue weighted by Gasteiger charge is -2.30. The van der Waals surface area contributed by atoms with Crippen LogP contribution in [0, 0.1) is 11.7 Å². The Hall–Kier alpha value is -2.28. The summed E-state index contributed by atoms with van der Waals surface area (Å²) in [5.41, 5.74) is 0.794. The van der Waals surface area contributed by atoms with E-state index in [9.17, 15) is 14.3 Å². The number of hydrogen-bond acceptors (Lipinski definition) is 4. The summed E-state index contributed by atoms with van der Waals surface area (Å²) >= 11 is 0. The third kappa shape index (κ3) is 4.42. The van der Waals surface area contributed by atoms with Gasteiger partial charge in [-0.3, -0.25) is 4.79 Å². The largest absolute Gasteiger partial charge is 0.396 e. The molecule has 1 unspecified atom stereocenters. The van der Waals surface area contributed by atoms with Crippen molar-refractivity contribution in [3.8, 4) is 5.69 Å². The van der Waals surface area contributed by atoms with Gasteiger partial charge < -0.3 is 10.4 Å². The van der Waals surface area contributed by atoms with E-state index in [1.54, 1.807) is 12.1 Å². The third-order valence-electron chi connectivity index (χ3n) is 4.76. The average molecular weight is 346 g/mol. The van der Waals surface area contributed by atoms with Gasteiger partial charge in [0.2, 0.25) is 0 Å². The topological polar surface area (TPSA) is 80.0 Å². The molecule has 134 valence electrons. The highest BCUT2D eigenvalue weighted by Crippen LogP contribution is 2.27. The van der Waals surface area contributed by atoms with E-state index in [0.29, 0.717) is 18.0 Å². The minimum Gasteiger partial charge on any atom is -0.396 e. The van der Waals surface area contributed by atoms with E-state index in [1.165, 1.54) is 42.4 Å². The molecule has 0 spiro atoms. The highest BCUT2D eigenvalue weighted by Gasteiger charge is 2.26. The highest BCUT2D eigenvalue weighted by molar-refractivity contribution is 5.92. The quantitative estimate of drug-likeness (QED) is 0.842. The second kappa shape index (κ2) is 8.20. The summed E-state index contributed by atoms with van der Waals surface area (Å²) in [4.78, 5) is 13.8. The first kappa shape index (κ1) is 17.5. The first-order valence-electron chi connectivity index (χ1n) is 8.77. The molecule has 7 heteroatoms. The van der Waals surface area contributed by atoms with Crippen molar-refractivity contribution in [1.82, 2.24) is 20.3 Å². The summed E-state index contributed by atoms with van der Waals surface area (Å²) in [6.45, 7) is 0.0454. The number of aliphatic hydroxyl groups excluding tert-OH is 1. The van der Waals surface area contributed by atoms with Gasteiger partial charge in [0.1, 0.15) is 5.82 Å². The fourth-order valence-electron chi connectivity index (χ4n) is 3.41. The van der Waals surface area contributed by atoms with Crippen molar-refractivity contribution in [2.75, 3.05) is 6.61 Å². The Morgan fingerprint density at radius 2 is 2.00 bits per heavy atom. The number of benzene rings is 1. The van der Waals surface area contributed by atoms with Gasteiger partial charge in [-0.2, -0.15) is 9.90 Å². The van der Waals surface area contributed by atoms with E-state index in [0.717, 1.165) is 12.8 Å². The molecule has 1 saturated carbocycles. The number of aromatic nitrogens is 3. The van der Waals surface area contributed by atoms with Crippen LogP contribution in [0.1, 0.15) is 49.0 Å². The minimum absolute atomic E-state index is 0.0454. The van der Waals surface area contributed by atoms with Crippen molar-refractivity contribution in [2.24, 2.45) is 5.92 Å². The lowest BCUT2D eigenvalue weighted by molar-refractivity contribution is 0.0894. The predicted molar refractivity (Wildman–Crippen MR) is 90.8 cm³/mol. The second-order valence-corrected chi connectivity index (χ2v) is 6.49. The lowest BCUT2D eigenvalue weighted by Crippen LogP contribution is -2.42. The number of rotatable bonds is 6. The monoisotopic (exact) mass is 346 g/mol. The molecule has 1 atom stereocenters. The molecule has 0 saturated heterocycles. The average Bonchev–Trinajstić information content (AvgIpc) is 3.13. The minimum atomic E-state index is -0.340. The maximum atomic E-state index is 13.0. The molecule has 1 aliphatic rings. The van der Waals surface area contributed by atoms with Crippen molar-refractivity contribution < 1.29 is 14.3 Å². The van der Waals surface area contributed by atoms with Crippen LogP contribution in [0.2, 0.25) is 0 Å². The zero-order chi connectivity index (χ0) is 17.6. The Bertz CT molecular complexity index is 695. The van der Waals surface area contributed by atoms with Crippen LogP contribution in [0.5, 0.6) is 0 Å². The molecule has 0 bridgehead atoms. The smallest absolute Gasteiger partial charge is 0.273 e. The molecule has 0 aliphatic heterocycles. The van der Waals surface area contributed by atoms with Gasteiger partial charge in [-0.25, -0.2) is 4.39 Å². The molecular formula is C18H23FN4O2. The van der Waals surface area contributed by atoms with Crippen LogP contribution in [-0.4, -0.2) is 38.7 Å². The first-order valence-corrected chi connectivity index (χ1v) is 8.77. The predicted octanol–water partition coefficient (Wildman–Crippen LogP) is 2.47. The van der Waals surface area contributed by atoms with Crippen LogP contribution in [0.4, 0.5) is 4.39 Å². The van der Waals surface area contributed by atoms with Crippen molar-refractivity contribution in [3.05, 3.63) is 42.0 Å². The molecule has 1 aromatic carbocycles. The van der Waals surface area contributed by atoms with E-state index in [-0.39, 0.29) is 30.1 Å². The van der Waals surface area contributed by atoms with Gasteiger partial charge in [0.05, 0.1) is 11.9 Å². The normalized spacial score (nSPS) is 16.6. The van der Waals surface area contributed by atoms with Crippen LogP contribution in [0.25, 0.3) is 5.69 Å². The van der Waals surface area contributed by atoms with E-state index in [4.69, 9.17) is 0 Å². The van der Waals surface area contributed by atoms with Crippen LogP contribution in [-0.2, 0) is 0 Å². The molecule has 25 heavy (non-hydrogen) atoms.